The second-order valence-corrected chi connectivity index (χ2v) is 13.9. The van der Waals surface area contributed by atoms with Crippen LogP contribution in [0.15, 0.2) is 60.7 Å². The van der Waals surface area contributed by atoms with Crippen LogP contribution in [0.2, 0.25) is 18.1 Å². The van der Waals surface area contributed by atoms with Crippen LogP contribution in [0.5, 0.6) is 0 Å². The zero-order valence-electron chi connectivity index (χ0n) is 18.2. The van der Waals surface area contributed by atoms with Gasteiger partial charge in [-0.15, -0.1) is 0 Å². The van der Waals surface area contributed by atoms with E-state index in [-0.39, 0.29) is 16.9 Å². The average Bonchev–Trinajstić information content (AvgIpc) is 2.62. The molecule has 2 aromatic carbocycles. The van der Waals surface area contributed by atoms with Crippen molar-refractivity contribution in [3.8, 4) is 0 Å². The molecule has 0 unspecified atom stereocenters. The predicted octanol–water partition coefficient (Wildman–Crippen LogP) is 5.67. The average molecular weight is 398 g/mol. The summed E-state index contributed by atoms with van der Waals surface area (Å²) in [6.45, 7) is 14.7. The largest absolute Gasteiger partial charge is 0.415 e. The molecular weight excluding hydrogens is 362 g/mol. The van der Waals surface area contributed by atoms with Crippen molar-refractivity contribution in [3.63, 3.8) is 0 Å². The molecule has 1 atom stereocenters. The molecule has 0 aliphatic rings. The molecule has 2 aromatic rings. The van der Waals surface area contributed by atoms with Crippen molar-refractivity contribution in [1.29, 1.82) is 0 Å². The Labute approximate surface area is 171 Å². The lowest BCUT2D eigenvalue weighted by molar-refractivity contribution is -0.123. The molecule has 0 saturated heterocycles. The summed E-state index contributed by atoms with van der Waals surface area (Å²) >= 11 is 0. The standard InChI is InChI=1S/C24H35NO2Si/c1-20(26)23(19-27-28(5,6)24(2,3)4)25(17-21-13-9-7-10-14-21)18-22-15-11-8-12-16-22/h7-16,23H,17-19H2,1-6H3/t23-/m0/s1. The van der Waals surface area contributed by atoms with E-state index in [4.69, 9.17) is 4.43 Å². The van der Waals surface area contributed by atoms with Gasteiger partial charge in [-0.2, -0.15) is 0 Å². The summed E-state index contributed by atoms with van der Waals surface area (Å²) in [6.07, 6.45) is 0. The highest BCUT2D eigenvalue weighted by Crippen LogP contribution is 2.36. The van der Waals surface area contributed by atoms with Gasteiger partial charge in [-0.3, -0.25) is 9.69 Å². The molecule has 0 spiro atoms. The molecular formula is C24H35NO2Si. The van der Waals surface area contributed by atoms with Crippen LogP contribution < -0.4 is 0 Å². The van der Waals surface area contributed by atoms with Gasteiger partial charge in [0.05, 0.1) is 12.6 Å². The Morgan fingerprint density at radius 1 is 0.929 bits per heavy atom. The number of benzene rings is 2. The van der Waals surface area contributed by atoms with Crippen LogP contribution in [0.3, 0.4) is 0 Å². The SMILES string of the molecule is CC(=O)[C@H](CO[Si](C)(C)C(C)(C)C)N(Cc1ccccc1)Cc1ccccc1. The van der Waals surface area contributed by atoms with Gasteiger partial charge >= 0.3 is 0 Å². The minimum atomic E-state index is -1.92. The van der Waals surface area contributed by atoms with Crippen molar-refractivity contribution in [3.05, 3.63) is 71.8 Å². The maximum absolute atomic E-state index is 12.6. The highest BCUT2D eigenvalue weighted by Gasteiger charge is 2.38. The fourth-order valence-corrected chi connectivity index (χ4v) is 3.90. The first-order chi connectivity index (χ1) is 13.1. The molecule has 0 saturated carbocycles. The van der Waals surface area contributed by atoms with Gasteiger partial charge in [-0.05, 0) is 36.2 Å². The van der Waals surface area contributed by atoms with E-state index in [1.165, 1.54) is 11.1 Å². The number of carbonyl (C=O) groups is 1. The smallest absolute Gasteiger partial charge is 0.192 e. The van der Waals surface area contributed by atoms with Gasteiger partial charge < -0.3 is 4.43 Å². The van der Waals surface area contributed by atoms with Crippen molar-refractivity contribution in [2.24, 2.45) is 0 Å². The highest BCUT2D eigenvalue weighted by molar-refractivity contribution is 6.74. The number of carbonyl (C=O) groups excluding carboxylic acids is 1. The Morgan fingerprint density at radius 2 is 1.36 bits per heavy atom. The van der Waals surface area contributed by atoms with E-state index in [1.54, 1.807) is 6.92 Å². The molecule has 3 nitrogen and oxygen atoms in total. The Balaban J connectivity index is 2.24. The minimum absolute atomic E-state index is 0.123. The van der Waals surface area contributed by atoms with Crippen molar-refractivity contribution in [2.75, 3.05) is 6.61 Å². The van der Waals surface area contributed by atoms with Gasteiger partial charge in [0.2, 0.25) is 0 Å². The molecule has 2 rings (SSSR count). The molecule has 28 heavy (non-hydrogen) atoms. The number of hydrogen-bond acceptors (Lipinski definition) is 3. The highest BCUT2D eigenvalue weighted by atomic mass is 28.4. The molecule has 152 valence electrons. The molecule has 0 aromatic heterocycles. The Morgan fingerprint density at radius 3 is 1.71 bits per heavy atom. The second-order valence-electron chi connectivity index (χ2n) is 9.07. The third-order valence-corrected chi connectivity index (χ3v) is 10.3. The molecule has 4 heteroatoms. The van der Waals surface area contributed by atoms with E-state index in [9.17, 15) is 4.79 Å². The van der Waals surface area contributed by atoms with Crippen LogP contribution in [0.1, 0.15) is 38.8 Å². The summed E-state index contributed by atoms with van der Waals surface area (Å²) in [7, 11) is -1.92. The van der Waals surface area contributed by atoms with Crippen LogP contribution in [0, 0.1) is 0 Å². The topological polar surface area (TPSA) is 29.5 Å². The van der Waals surface area contributed by atoms with Crippen molar-refractivity contribution in [1.82, 2.24) is 4.90 Å². The fraction of sp³-hybridized carbons (Fsp3) is 0.458. The summed E-state index contributed by atoms with van der Waals surface area (Å²) < 4.78 is 6.45. The lowest BCUT2D eigenvalue weighted by Crippen LogP contribution is -2.48. The van der Waals surface area contributed by atoms with Crippen molar-refractivity contribution >= 4 is 14.1 Å². The van der Waals surface area contributed by atoms with Gasteiger partial charge in [-0.25, -0.2) is 0 Å². The molecule has 0 bridgehead atoms. The number of ketones is 1. The van der Waals surface area contributed by atoms with E-state index >= 15 is 0 Å². The first-order valence-electron chi connectivity index (χ1n) is 10.1. The van der Waals surface area contributed by atoms with Crippen LogP contribution >= 0.6 is 0 Å². The quantitative estimate of drug-likeness (QED) is 0.511. The molecule has 0 fully saturated rings. The minimum Gasteiger partial charge on any atom is -0.415 e. The van der Waals surface area contributed by atoms with Gasteiger partial charge in [0.25, 0.3) is 0 Å². The third kappa shape index (κ3) is 6.40. The molecule has 0 N–H and O–H groups in total. The van der Waals surface area contributed by atoms with Gasteiger partial charge in [-0.1, -0.05) is 81.4 Å². The van der Waals surface area contributed by atoms with Crippen LogP contribution in [0.4, 0.5) is 0 Å². The molecule has 0 heterocycles. The zero-order valence-corrected chi connectivity index (χ0v) is 19.2. The first kappa shape index (κ1) is 22.5. The molecule has 0 radical (unpaired) electrons. The monoisotopic (exact) mass is 397 g/mol. The summed E-state index contributed by atoms with van der Waals surface area (Å²) in [5, 5.41) is 0.123. The Kier molecular flexibility index (Phi) is 7.76. The maximum atomic E-state index is 12.6. The van der Waals surface area contributed by atoms with E-state index in [1.807, 2.05) is 36.4 Å². The van der Waals surface area contributed by atoms with E-state index in [2.05, 4.69) is 63.0 Å². The number of hydrogen-bond donors (Lipinski definition) is 0. The number of nitrogens with zero attached hydrogens (tertiary/aromatic N) is 1. The molecule has 0 amide bonds. The third-order valence-electron chi connectivity index (χ3n) is 5.78. The summed E-state index contributed by atoms with van der Waals surface area (Å²) in [6, 6.07) is 20.4. The van der Waals surface area contributed by atoms with Gasteiger partial charge in [0.1, 0.15) is 5.78 Å². The van der Waals surface area contributed by atoms with E-state index < -0.39 is 8.32 Å². The van der Waals surface area contributed by atoms with E-state index in [0.717, 1.165) is 13.1 Å². The van der Waals surface area contributed by atoms with Gasteiger partial charge in [0, 0.05) is 13.1 Å². The van der Waals surface area contributed by atoms with Crippen LogP contribution in [-0.4, -0.2) is 31.6 Å². The zero-order chi connectivity index (χ0) is 20.8. The predicted molar refractivity (Wildman–Crippen MR) is 120 cm³/mol. The Bertz CT molecular complexity index is 697. The summed E-state index contributed by atoms with van der Waals surface area (Å²) in [4.78, 5) is 14.9. The summed E-state index contributed by atoms with van der Waals surface area (Å²) in [5.41, 5.74) is 2.41. The normalized spacial score (nSPS) is 13.5. The first-order valence-corrected chi connectivity index (χ1v) is 13.0. The lowest BCUT2D eigenvalue weighted by atomic mass is 10.1. The van der Waals surface area contributed by atoms with E-state index in [0.29, 0.717) is 6.61 Å². The second kappa shape index (κ2) is 9.64. The number of Topliss-reactive ketones (excluding diaryl/α,β-unsaturated/α-hetero) is 1. The van der Waals surface area contributed by atoms with Crippen molar-refractivity contribution < 1.29 is 9.22 Å². The van der Waals surface area contributed by atoms with Crippen LogP contribution in [-0.2, 0) is 22.3 Å². The molecule has 0 aliphatic heterocycles. The Hall–Kier alpha value is -1.75. The number of rotatable bonds is 9. The van der Waals surface area contributed by atoms with Crippen molar-refractivity contribution in [2.45, 2.75) is 65.0 Å². The van der Waals surface area contributed by atoms with Crippen LogP contribution in [0.25, 0.3) is 0 Å². The van der Waals surface area contributed by atoms with Gasteiger partial charge in [0.15, 0.2) is 8.32 Å². The lowest BCUT2D eigenvalue weighted by Gasteiger charge is -2.39. The maximum Gasteiger partial charge on any atom is 0.192 e. The summed E-state index contributed by atoms with van der Waals surface area (Å²) in [5.74, 6) is 0.158. The molecule has 0 aliphatic carbocycles. The fourth-order valence-electron chi connectivity index (χ4n) is 2.90.